The summed E-state index contributed by atoms with van der Waals surface area (Å²) in [5.74, 6) is 1.00. The Morgan fingerprint density at radius 3 is 2.67 bits per heavy atom. The Morgan fingerprint density at radius 2 is 2.06 bits per heavy atom. The van der Waals surface area contributed by atoms with E-state index in [-0.39, 0.29) is 18.4 Å². The number of nitrogens with two attached hydrogens (primary N) is 1. The van der Waals surface area contributed by atoms with Crippen molar-refractivity contribution in [3.63, 3.8) is 0 Å². The van der Waals surface area contributed by atoms with Gasteiger partial charge in [0.1, 0.15) is 13.2 Å². The summed E-state index contributed by atoms with van der Waals surface area (Å²) in [4.78, 5) is 11.6. The van der Waals surface area contributed by atoms with Gasteiger partial charge in [0, 0.05) is 24.6 Å². The summed E-state index contributed by atoms with van der Waals surface area (Å²) in [6, 6.07) is 3.11. The zero-order chi connectivity index (χ0) is 13.1. The van der Waals surface area contributed by atoms with E-state index in [9.17, 15) is 4.79 Å². The van der Waals surface area contributed by atoms with Crippen LogP contribution in [-0.4, -0.2) is 25.2 Å². The first kappa shape index (κ1) is 13.0. The standard InChI is InChI=1S/C12H15ClN2O3/c1-7(14)4-12(16)15-9-6-11-10(5-8(9)13)17-2-3-18-11/h5-7H,2-4,14H2,1H3,(H,15,16). The molecule has 2 rings (SSSR count). The maximum atomic E-state index is 11.6. The lowest BCUT2D eigenvalue weighted by atomic mass is 10.2. The van der Waals surface area contributed by atoms with Gasteiger partial charge >= 0.3 is 0 Å². The van der Waals surface area contributed by atoms with Crippen molar-refractivity contribution < 1.29 is 14.3 Å². The van der Waals surface area contributed by atoms with E-state index in [4.69, 9.17) is 26.8 Å². The van der Waals surface area contributed by atoms with Gasteiger partial charge in [0.15, 0.2) is 11.5 Å². The number of carbonyl (C=O) groups is 1. The van der Waals surface area contributed by atoms with Gasteiger partial charge in [0.2, 0.25) is 5.91 Å². The summed E-state index contributed by atoms with van der Waals surface area (Å²) in [7, 11) is 0. The number of rotatable bonds is 3. The topological polar surface area (TPSA) is 73.6 Å². The Labute approximate surface area is 110 Å². The highest BCUT2D eigenvalue weighted by Crippen LogP contribution is 2.37. The molecular formula is C12H15ClN2O3. The molecule has 0 aromatic heterocycles. The third-order valence-electron chi connectivity index (χ3n) is 2.41. The Bertz CT molecular complexity index is 463. The summed E-state index contributed by atoms with van der Waals surface area (Å²) in [5, 5.41) is 3.12. The van der Waals surface area contributed by atoms with Crippen LogP contribution in [-0.2, 0) is 4.79 Å². The van der Waals surface area contributed by atoms with Crippen molar-refractivity contribution in [1.82, 2.24) is 0 Å². The quantitative estimate of drug-likeness (QED) is 0.878. The molecule has 98 valence electrons. The van der Waals surface area contributed by atoms with Crippen LogP contribution < -0.4 is 20.5 Å². The summed E-state index contributed by atoms with van der Waals surface area (Å²) in [6.45, 7) is 2.76. The molecule has 0 fully saturated rings. The molecule has 0 saturated heterocycles. The molecule has 0 radical (unpaired) electrons. The number of hydrogen-bond donors (Lipinski definition) is 2. The zero-order valence-electron chi connectivity index (χ0n) is 10.0. The molecule has 1 atom stereocenters. The second-order valence-corrected chi connectivity index (χ2v) is 4.61. The predicted octanol–water partition coefficient (Wildman–Crippen LogP) is 1.79. The molecule has 0 spiro atoms. The minimum absolute atomic E-state index is 0.177. The van der Waals surface area contributed by atoms with Crippen molar-refractivity contribution in [2.24, 2.45) is 5.73 Å². The molecule has 0 saturated carbocycles. The first-order chi connectivity index (χ1) is 8.56. The number of amides is 1. The number of ether oxygens (including phenoxy) is 2. The third-order valence-corrected chi connectivity index (χ3v) is 2.73. The maximum absolute atomic E-state index is 11.6. The molecule has 3 N–H and O–H groups in total. The largest absolute Gasteiger partial charge is 0.486 e. The summed E-state index contributed by atoms with van der Waals surface area (Å²) < 4.78 is 10.8. The number of hydrogen-bond acceptors (Lipinski definition) is 4. The predicted molar refractivity (Wildman–Crippen MR) is 69.3 cm³/mol. The third kappa shape index (κ3) is 3.05. The monoisotopic (exact) mass is 270 g/mol. The zero-order valence-corrected chi connectivity index (χ0v) is 10.8. The lowest BCUT2D eigenvalue weighted by molar-refractivity contribution is -0.116. The van der Waals surface area contributed by atoms with Gasteiger partial charge in [-0.1, -0.05) is 11.6 Å². The van der Waals surface area contributed by atoms with Crippen molar-refractivity contribution in [2.75, 3.05) is 18.5 Å². The van der Waals surface area contributed by atoms with E-state index in [0.717, 1.165) is 0 Å². The van der Waals surface area contributed by atoms with E-state index in [2.05, 4.69) is 5.32 Å². The van der Waals surface area contributed by atoms with Gasteiger partial charge in [-0.25, -0.2) is 0 Å². The lowest BCUT2D eigenvalue weighted by Crippen LogP contribution is -2.24. The maximum Gasteiger partial charge on any atom is 0.225 e. The van der Waals surface area contributed by atoms with E-state index in [1.165, 1.54) is 0 Å². The highest BCUT2D eigenvalue weighted by Gasteiger charge is 2.16. The van der Waals surface area contributed by atoms with Crippen LogP contribution in [0.5, 0.6) is 11.5 Å². The summed E-state index contributed by atoms with van der Waals surface area (Å²) >= 11 is 6.06. The van der Waals surface area contributed by atoms with Crippen LogP contribution in [0.4, 0.5) is 5.69 Å². The smallest absolute Gasteiger partial charge is 0.225 e. The Morgan fingerprint density at radius 1 is 1.44 bits per heavy atom. The number of carbonyl (C=O) groups excluding carboxylic acids is 1. The van der Waals surface area contributed by atoms with E-state index >= 15 is 0 Å². The van der Waals surface area contributed by atoms with Gasteiger partial charge < -0.3 is 20.5 Å². The van der Waals surface area contributed by atoms with Gasteiger partial charge in [0.25, 0.3) is 0 Å². The fourth-order valence-electron chi connectivity index (χ4n) is 1.65. The van der Waals surface area contributed by atoms with Crippen LogP contribution in [0.25, 0.3) is 0 Å². The Balaban J connectivity index is 2.15. The Kier molecular flexibility index (Phi) is 3.93. The number of benzene rings is 1. The number of nitrogens with one attached hydrogen (secondary N) is 1. The molecule has 0 aliphatic carbocycles. The highest BCUT2D eigenvalue weighted by molar-refractivity contribution is 6.34. The molecule has 0 bridgehead atoms. The molecule has 5 nitrogen and oxygen atoms in total. The van der Waals surface area contributed by atoms with Gasteiger partial charge in [-0.2, -0.15) is 0 Å². The van der Waals surface area contributed by atoms with E-state index in [0.29, 0.717) is 35.4 Å². The summed E-state index contributed by atoms with van der Waals surface area (Å²) in [6.07, 6.45) is 0.241. The van der Waals surface area contributed by atoms with Crippen molar-refractivity contribution in [3.05, 3.63) is 17.2 Å². The fourth-order valence-corrected chi connectivity index (χ4v) is 1.85. The average molecular weight is 271 g/mol. The lowest BCUT2D eigenvalue weighted by Gasteiger charge is -2.20. The van der Waals surface area contributed by atoms with Gasteiger partial charge in [-0.05, 0) is 6.92 Å². The molecule has 1 aliphatic rings. The molecule has 1 unspecified atom stereocenters. The first-order valence-corrected chi connectivity index (χ1v) is 6.08. The second kappa shape index (κ2) is 5.46. The minimum atomic E-state index is -0.194. The van der Waals surface area contributed by atoms with Crippen LogP contribution in [0.15, 0.2) is 12.1 Å². The minimum Gasteiger partial charge on any atom is -0.486 e. The molecule has 18 heavy (non-hydrogen) atoms. The van der Waals surface area contributed by atoms with Gasteiger partial charge in [-0.3, -0.25) is 4.79 Å². The van der Waals surface area contributed by atoms with E-state index in [1.807, 2.05) is 0 Å². The van der Waals surface area contributed by atoms with Gasteiger partial charge in [-0.15, -0.1) is 0 Å². The van der Waals surface area contributed by atoms with E-state index < -0.39 is 0 Å². The van der Waals surface area contributed by atoms with Gasteiger partial charge in [0.05, 0.1) is 10.7 Å². The number of halogens is 1. The molecule has 1 aromatic rings. The number of fused-ring (bicyclic) bond motifs is 1. The first-order valence-electron chi connectivity index (χ1n) is 5.71. The van der Waals surface area contributed by atoms with Crippen LogP contribution in [0.1, 0.15) is 13.3 Å². The molecule has 1 aromatic carbocycles. The molecule has 1 heterocycles. The fraction of sp³-hybridized carbons (Fsp3) is 0.417. The number of anilines is 1. The second-order valence-electron chi connectivity index (χ2n) is 4.21. The van der Waals surface area contributed by atoms with Crippen LogP contribution >= 0.6 is 11.6 Å². The summed E-state index contributed by atoms with van der Waals surface area (Å²) in [5.41, 5.74) is 6.06. The SMILES string of the molecule is CC(N)CC(=O)Nc1cc2c(cc1Cl)OCCO2. The van der Waals surface area contributed by atoms with Crippen LogP contribution in [0.2, 0.25) is 5.02 Å². The highest BCUT2D eigenvalue weighted by atomic mass is 35.5. The molecule has 6 heteroatoms. The van der Waals surface area contributed by atoms with Crippen molar-refractivity contribution in [1.29, 1.82) is 0 Å². The Hall–Kier alpha value is -1.46. The molecular weight excluding hydrogens is 256 g/mol. The molecule has 1 amide bonds. The van der Waals surface area contributed by atoms with Crippen LogP contribution in [0.3, 0.4) is 0 Å². The van der Waals surface area contributed by atoms with Crippen molar-refractivity contribution in [3.8, 4) is 11.5 Å². The van der Waals surface area contributed by atoms with Crippen molar-refractivity contribution >= 4 is 23.2 Å². The van der Waals surface area contributed by atoms with Crippen LogP contribution in [0, 0.1) is 0 Å². The van der Waals surface area contributed by atoms with Crippen molar-refractivity contribution in [2.45, 2.75) is 19.4 Å². The molecule has 1 aliphatic heterocycles. The normalized spacial score (nSPS) is 15.1. The van der Waals surface area contributed by atoms with E-state index in [1.54, 1.807) is 19.1 Å². The average Bonchev–Trinajstić information content (AvgIpc) is 2.29.